The summed E-state index contributed by atoms with van der Waals surface area (Å²) in [7, 11) is 0. The van der Waals surface area contributed by atoms with Gasteiger partial charge in [0, 0.05) is 0 Å². The Morgan fingerprint density at radius 1 is 0.278 bits per heavy atom. The first-order valence-corrected chi connectivity index (χ1v) is 17.0. The molecule has 0 fully saturated rings. The van der Waals surface area contributed by atoms with Gasteiger partial charge in [-0.05, 0) is 38.5 Å². The molecule has 0 aliphatic heterocycles. The molecule has 0 saturated carbocycles. The van der Waals surface area contributed by atoms with E-state index in [-0.39, 0.29) is 0 Å². The van der Waals surface area contributed by atoms with E-state index in [2.05, 4.69) is 44.6 Å². The van der Waals surface area contributed by atoms with Gasteiger partial charge in [0.15, 0.2) is 0 Å². The molecule has 0 spiro atoms. The predicted octanol–water partition coefficient (Wildman–Crippen LogP) is 13.7. The summed E-state index contributed by atoms with van der Waals surface area (Å²) in [6.45, 7) is 4.58. The van der Waals surface area contributed by atoms with Crippen LogP contribution in [0.4, 0.5) is 0 Å². The van der Waals surface area contributed by atoms with Crippen molar-refractivity contribution in [2.45, 2.75) is 200 Å². The SMILES string of the molecule is CCCCC/C=C\C/C=C\CCCCCCC[CH]CCCCCCCCCCCCCCCCCC. The Bertz CT molecular complexity index is 418. The van der Waals surface area contributed by atoms with Gasteiger partial charge in [0.1, 0.15) is 0 Å². The Kier molecular flexibility index (Phi) is 34.0. The molecule has 0 N–H and O–H groups in total. The smallest absolute Gasteiger partial charge is 0.0169 e. The minimum atomic E-state index is 1.13. The molecule has 0 saturated heterocycles. The number of hydrogen-bond donors (Lipinski definition) is 0. The topological polar surface area (TPSA) is 0 Å². The van der Waals surface area contributed by atoms with Crippen molar-refractivity contribution in [2.24, 2.45) is 0 Å². The molecule has 0 aliphatic rings. The van der Waals surface area contributed by atoms with Gasteiger partial charge >= 0.3 is 0 Å². The quantitative estimate of drug-likeness (QED) is 0.0654. The molecule has 0 bridgehead atoms. The number of allylic oxidation sites excluding steroid dienone is 4. The monoisotopic (exact) mass is 502 g/mol. The summed E-state index contributed by atoms with van der Waals surface area (Å²) in [5.74, 6) is 0. The molecule has 0 aromatic heterocycles. The van der Waals surface area contributed by atoms with E-state index >= 15 is 0 Å². The summed E-state index contributed by atoms with van der Waals surface area (Å²) in [6.07, 6.45) is 52.9. The second-order valence-electron chi connectivity index (χ2n) is 11.4. The summed E-state index contributed by atoms with van der Waals surface area (Å²) in [4.78, 5) is 0. The molecule has 0 aromatic carbocycles. The molecule has 0 heterocycles. The van der Waals surface area contributed by atoms with Gasteiger partial charge < -0.3 is 0 Å². The molecule has 0 atom stereocenters. The third kappa shape index (κ3) is 33.5. The summed E-state index contributed by atoms with van der Waals surface area (Å²) < 4.78 is 0. The molecule has 0 amide bonds. The van der Waals surface area contributed by atoms with Crippen LogP contribution in [0.5, 0.6) is 0 Å². The average molecular weight is 502 g/mol. The van der Waals surface area contributed by atoms with Crippen molar-refractivity contribution in [3.05, 3.63) is 30.7 Å². The maximum absolute atomic E-state index is 2.57. The molecular weight excluding hydrogens is 432 g/mol. The van der Waals surface area contributed by atoms with Crippen molar-refractivity contribution in [2.75, 3.05) is 0 Å². The highest BCUT2D eigenvalue weighted by Crippen LogP contribution is 2.15. The van der Waals surface area contributed by atoms with E-state index in [4.69, 9.17) is 0 Å². The van der Waals surface area contributed by atoms with E-state index in [0.717, 1.165) is 6.42 Å². The largest absolute Gasteiger partial charge is 0.0882 e. The first kappa shape index (κ1) is 35.5. The number of rotatable bonds is 31. The maximum Gasteiger partial charge on any atom is -0.0169 e. The molecule has 36 heavy (non-hydrogen) atoms. The summed E-state index contributed by atoms with van der Waals surface area (Å²) in [5, 5.41) is 0. The number of unbranched alkanes of at least 4 members (excludes halogenated alkanes) is 27. The van der Waals surface area contributed by atoms with Gasteiger partial charge in [-0.3, -0.25) is 0 Å². The van der Waals surface area contributed by atoms with Crippen molar-refractivity contribution in [3.63, 3.8) is 0 Å². The van der Waals surface area contributed by atoms with Crippen molar-refractivity contribution in [3.8, 4) is 0 Å². The summed E-state index contributed by atoms with van der Waals surface area (Å²) in [5.41, 5.74) is 0. The van der Waals surface area contributed by atoms with Gasteiger partial charge in [0.2, 0.25) is 0 Å². The fourth-order valence-corrected chi connectivity index (χ4v) is 5.08. The Labute approximate surface area is 230 Å². The molecule has 0 unspecified atom stereocenters. The van der Waals surface area contributed by atoms with Crippen molar-refractivity contribution >= 4 is 0 Å². The lowest BCUT2D eigenvalue weighted by molar-refractivity contribution is 0.528. The standard InChI is InChI=1S/C36H69/c1-3-5-7-9-11-13-15-17-19-21-23-25-27-29-31-33-35-36-34-32-30-28-26-24-22-20-18-16-14-12-10-8-6-4-2/h11,13,17,19,35H,3-10,12,14-16,18,20-34,36H2,1-2H3/b13-11-,19-17-. The maximum atomic E-state index is 2.57. The van der Waals surface area contributed by atoms with E-state index in [1.165, 1.54) is 180 Å². The zero-order valence-electron chi connectivity index (χ0n) is 25.4. The summed E-state index contributed by atoms with van der Waals surface area (Å²) >= 11 is 0. The molecule has 213 valence electrons. The first-order valence-electron chi connectivity index (χ1n) is 17.0. The highest BCUT2D eigenvalue weighted by Gasteiger charge is 1.96. The minimum absolute atomic E-state index is 1.13. The fourth-order valence-electron chi connectivity index (χ4n) is 5.08. The normalized spacial score (nSPS) is 11.9. The molecule has 0 nitrogen and oxygen atoms in total. The van der Waals surface area contributed by atoms with Crippen molar-refractivity contribution in [1.82, 2.24) is 0 Å². The second kappa shape index (κ2) is 34.5. The van der Waals surface area contributed by atoms with Crippen molar-refractivity contribution < 1.29 is 0 Å². The molecular formula is C36H69. The second-order valence-corrected chi connectivity index (χ2v) is 11.4. The van der Waals surface area contributed by atoms with Crippen LogP contribution < -0.4 is 0 Å². The van der Waals surface area contributed by atoms with Gasteiger partial charge in [0.25, 0.3) is 0 Å². The number of hydrogen-bond acceptors (Lipinski definition) is 0. The van der Waals surface area contributed by atoms with Crippen LogP contribution >= 0.6 is 0 Å². The zero-order valence-corrected chi connectivity index (χ0v) is 25.4. The van der Waals surface area contributed by atoms with Crippen LogP contribution in [0.1, 0.15) is 200 Å². The van der Waals surface area contributed by atoms with Crippen LogP contribution in [-0.4, -0.2) is 0 Å². The Morgan fingerprint density at radius 2 is 0.556 bits per heavy atom. The Morgan fingerprint density at radius 3 is 0.944 bits per heavy atom. The summed E-state index contributed by atoms with van der Waals surface area (Å²) in [6, 6.07) is 0. The van der Waals surface area contributed by atoms with Crippen LogP contribution in [0.25, 0.3) is 0 Å². The van der Waals surface area contributed by atoms with Gasteiger partial charge in [-0.1, -0.05) is 192 Å². The van der Waals surface area contributed by atoms with E-state index in [9.17, 15) is 0 Å². The molecule has 0 heteroatoms. The highest BCUT2D eigenvalue weighted by molar-refractivity contribution is 4.92. The molecule has 0 aromatic rings. The van der Waals surface area contributed by atoms with E-state index in [0.29, 0.717) is 0 Å². The van der Waals surface area contributed by atoms with Crippen LogP contribution in [0.3, 0.4) is 0 Å². The zero-order chi connectivity index (χ0) is 26.0. The van der Waals surface area contributed by atoms with Gasteiger partial charge in [0.05, 0.1) is 0 Å². The van der Waals surface area contributed by atoms with Crippen LogP contribution in [0, 0.1) is 6.42 Å². The highest BCUT2D eigenvalue weighted by atomic mass is 14.0. The lowest BCUT2D eigenvalue weighted by Gasteiger charge is -2.04. The van der Waals surface area contributed by atoms with Gasteiger partial charge in [-0.25, -0.2) is 0 Å². The van der Waals surface area contributed by atoms with Crippen LogP contribution in [0.2, 0.25) is 0 Å². The Hall–Kier alpha value is -0.520. The van der Waals surface area contributed by atoms with Gasteiger partial charge in [-0.2, -0.15) is 0 Å². The van der Waals surface area contributed by atoms with E-state index in [1.807, 2.05) is 0 Å². The van der Waals surface area contributed by atoms with Crippen LogP contribution in [-0.2, 0) is 0 Å². The van der Waals surface area contributed by atoms with Gasteiger partial charge in [-0.15, -0.1) is 0 Å². The third-order valence-electron chi connectivity index (χ3n) is 7.62. The lowest BCUT2D eigenvalue weighted by atomic mass is 10.0. The molecule has 0 aliphatic carbocycles. The minimum Gasteiger partial charge on any atom is -0.0882 e. The fraction of sp³-hybridized carbons (Fsp3) is 0.861. The first-order chi connectivity index (χ1) is 17.9. The molecule has 1 radical (unpaired) electrons. The Balaban J connectivity index is 3.08. The van der Waals surface area contributed by atoms with E-state index in [1.54, 1.807) is 0 Å². The van der Waals surface area contributed by atoms with Crippen LogP contribution in [0.15, 0.2) is 24.3 Å². The predicted molar refractivity (Wildman–Crippen MR) is 168 cm³/mol. The third-order valence-corrected chi connectivity index (χ3v) is 7.62. The lowest BCUT2D eigenvalue weighted by Crippen LogP contribution is -1.85. The molecule has 0 rings (SSSR count). The van der Waals surface area contributed by atoms with E-state index < -0.39 is 0 Å². The van der Waals surface area contributed by atoms with Crippen molar-refractivity contribution in [1.29, 1.82) is 0 Å². The average Bonchev–Trinajstić information content (AvgIpc) is 2.89.